The van der Waals surface area contributed by atoms with Crippen molar-refractivity contribution in [2.45, 2.75) is 50.5 Å². The molecule has 0 unspecified atom stereocenters. The maximum atomic E-state index is 11.9. The molecule has 186 valence electrons. The number of carbonyl (C=O) groups is 1. The van der Waals surface area contributed by atoms with Gasteiger partial charge < -0.3 is 4.74 Å². The lowest BCUT2D eigenvalue weighted by atomic mass is 10.1. The molecular weight excluding hydrogens is 510 g/mol. The van der Waals surface area contributed by atoms with E-state index in [0.29, 0.717) is 18.7 Å². The summed E-state index contributed by atoms with van der Waals surface area (Å²) in [5, 5.41) is 8.84. The van der Waals surface area contributed by atoms with Gasteiger partial charge in [0.25, 0.3) is 0 Å². The fourth-order valence-corrected chi connectivity index (χ4v) is 3.68. The van der Waals surface area contributed by atoms with Gasteiger partial charge in [-0.3, -0.25) is 4.90 Å². The molecule has 33 heavy (non-hydrogen) atoms. The van der Waals surface area contributed by atoms with Crippen LogP contribution in [0.1, 0.15) is 37.5 Å². The number of alkyl halides is 6. The van der Waals surface area contributed by atoms with Crippen molar-refractivity contribution < 1.29 is 56.3 Å². The van der Waals surface area contributed by atoms with Crippen molar-refractivity contribution in [1.29, 1.82) is 5.26 Å². The Bertz CT molecular complexity index is 1110. The molecule has 0 atom stereocenters. The summed E-state index contributed by atoms with van der Waals surface area (Å²) in [6.07, 6.45) is -0.308. The predicted octanol–water partition coefficient (Wildman–Crippen LogP) is 3.51. The van der Waals surface area contributed by atoms with Gasteiger partial charge in [0.05, 0.1) is 11.6 Å². The minimum Gasteiger partial charge on any atom is -0.444 e. The molecule has 1 aliphatic rings. The summed E-state index contributed by atoms with van der Waals surface area (Å²) < 4.78 is 115. The van der Waals surface area contributed by atoms with Crippen LogP contribution in [0.25, 0.3) is 0 Å². The van der Waals surface area contributed by atoms with Crippen molar-refractivity contribution in [3.63, 3.8) is 0 Å². The second-order valence-electron chi connectivity index (χ2n) is 7.30. The first kappa shape index (κ1) is 28.5. The number of fused-ring (bicyclic) bond motifs is 1. The molecule has 1 aliphatic heterocycles. The smallest absolute Gasteiger partial charge is 0.444 e. The molecule has 0 fully saturated rings. The number of hydrogen-bond acceptors (Lipinski definition) is 8. The third-order valence-electron chi connectivity index (χ3n) is 3.46. The van der Waals surface area contributed by atoms with E-state index in [-0.39, 0.29) is 6.09 Å². The van der Waals surface area contributed by atoms with Crippen molar-refractivity contribution in [3.8, 4) is 6.07 Å². The standard InChI is InChI=1S/C14H16N2O2.C2F6O5S2/c1-14(2,3)18-13(17)16-8-11-5-4-10(7-15)6-12(11)9-16;3-1(4,5)14(9,10)13-15(11,12)2(6,7)8/h4-6H,8-9H2,1-3H3;. The van der Waals surface area contributed by atoms with Crippen LogP contribution in [0.3, 0.4) is 0 Å². The molecule has 17 heteroatoms. The van der Waals surface area contributed by atoms with Crippen LogP contribution in [-0.2, 0) is 41.7 Å². The number of carbonyl (C=O) groups excluding carboxylic acids is 1. The summed E-state index contributed by atoms with van der Waals surface area (Å²) in [6.45, 7) is 6.61. The van der Waals surface area contributed by atoms with E-state index in [1.165, 1.54) is 0 Å². The van der Waals surface area contributed by atoms with Crippen molar-refractivity contribution in [2.75, 3.05) is 0 Å². The SMILES string of the molecule is CC(C)(C)OC(=O)N1Cc2ccc(C#N)cc2C1.O=S(=O)(OS(=O)(=O)C(F)(F)F)C(F)(F)F. The Morgan fingerprint density at radius 1 is 0.939 bits per heavy atom. The van der Waals surface area contributed by atoms with E-state index in [9.17, 15) is 48.0 Å². The topological polar surface area (TPSA) is 131 Å². The fourth-order valence-electron chi connectivity index (χ4n) is 2.11. The lowest BCUT2D eigenvalue weighted by Gasteiger charge is -2.24. The first-order valence-electron chi connectivity index (χ1n) is 8.43. The van der Waals surface area contributed by atoms with Crippen LogP contribution in [0, 0.1) is 11.3 Å². The van der Waals surface area contributed by atoms with E-state index in [2.05, 4.69) is 6.07 Å². The van der Waals surface area contributed by atoms with E-state index in [1.54, 1.807) is 11.0 Å². The number of nitriles is 1. The third kappa shape index (κ3) is 7.75. The molecule has 1 aromatic carbocycles. The Morgan fingerprint density at radius 2 is 1.39 bits per heavy atom. The largest absolute Gasteiger partial charge is 0.524 e. The number of halogens is 6. The second kappa shape index (κ2) is 9.35. The number of nitrogens with zero attached hydrogens (tertiary/aromatic N) is 2. The zero-order valence-electron chi connectivity index (χ0n) is 17.0. The zero-order chi connectivity index (χ0) is 26.0. The highest BCUT2D eigenvalue weighted by atomic mass is 32.3. The van der Waals surface area contributed by atoms with Gasteiger partial charge in [0.2, 0.25) is 0 Å². The Balaban J connectivity index is 0.000000337. The van der Waals surface area contributed by atoms with Crippen molar-refractivity contribution >= 4 is 26.3 Å². The summed E-state index contributed by atoms with van der Waals surface area (Å²) in [5.41, 5.74) is -10.3. The minimum absolute atomic E-state index is 0.308. The summed E-state index contributed by atoms with van der Waals surface area (Å²) >= 11 is 0. The van der Waals surface area contributed by atoms with Crippen LogP contribution < -0.4 is 0 Å². The second-order valence-corrected chi connectivity index (χ2v) is 10.6. The quantitative estimate of drug-likeness (QED) is 0.423. The van der Waals surface area contributed by atoms with Crippen molar-refractivity contribution in [1.82, 2.24) is 4.90 Å². The molecule has 1 amide bonds. The summed E-state index contributed by atoms with van der Waals surface area (Å²) in [6, 6.07) is 7.61. The van der Waals surface area contributed by atoms with Gasteiger partial charge in [0, 0.05) is 13.1 Å². The summed E-state index contributed by atoms with van der Waals surface area (Å²) in [5.74, 6) is 0. The van der Waals surface area contributed by atoms with Crippen LogP contribution in [0.5, 0.6) is 0 Å². The lowest BCUT2D eigenvalue weighted by molar-refractivity contribution is -0.0585. The molecule has 0 N–H and O–H groups in total. The Morgan fingerprint density at radius 3 is 1.79 bits per heavy atom. The first-order valence-corrected chi connectivity index (χ1v) is 11.2. The molecule has 0 spiro atoms. The molecule has 0 saturated heterocycles. The lowest BCUT2D eigenvalue weighted by Crippen LogP contribution is -2.34. The van der Waals surface area contributed by atoms with Crippen LogP contribution in [-0.4, -0.2) is 44.4 Å². The zero-order valence-corrected chi connectivity index (χ0v) is 18.6. The van der Waals surface area contributed by atoms with E-state index in [0.717, 1.165) is 11.1 Å². The predicted molar refractivity (Wildman–Crippen MR) is 97.7 cm³/mol. The molecule has 0 aromatic heterocycles. The first-order chi connectivity index (χ1) is 14.6. The van der Waals surface area contributed by atoms with Gasteiger partial charge in [0.1, 0.15) is 5.60 Å². The van der Waals surface area contributed by atoms with Crippen molar-refractivity contribution in [3.05, 3.63) is 34.9 Å². The molecule has 1 aromatic rings. The average molecular weight is 526 g/mol. The number of rotatable bonds is 2. The summed E-state index contributed by atoms with van der Waals surface area (Å²) in [7, 11) is -13.7. The molecule has 2 rings (SSSR count). The van der Waals surface area contributed by atoms with Crippen molar-refractivity contribution in [2.24, 2.45) is 0 Å². The monoisotopic (exact) mass is 526 g/mol. The molecule has 0 bridgehead atoms. The Kier molecular flexibility index (Phi) is 8.06. The normalized spacial score (nSPS) is 14.6. The van der Waals surface area contributed by atoms with Gasteiger partial charge in [-0.25, -0.2) is 4.79 Å². The molecular formula is C16H16F6N2O7S2. The van der Waals surface area contributed by atoms with Crippen LogP contribution >= 0.6 is 0 Å². The number of amides is 1. The molecule has 0 aliphatic carbocycles. The molecule has 9 nitrogen and oxygen atoms in total. The third-order valence-corrected chi connectivity index (χ3v) is 6.02. The highest BCUT2D eigenvalue weighted by Gasteiger charge is 2.57. The van der Waals surface area contributed by atoms with Crippen LogP contribution in [0.2, 0.25) is 0 Å². The fraction of sp³-hybridized carbons (Fsp3) is 0.500. The number of hydrogen-bond donors (Lipinski definition) is 0. The Labute approximate surface area is 184 Å². The number of ether oxygens (including phenoxy) is 1. The maximum absolute atomic E-state index is 11.9. The molecule has 0 saturated carbocycles. The van der Waals surface area contributed by atoms with Crippen LogP contribution in [0.15, 0.2) is 18.2 Å². The summed E-state index contributed by atoms with van der Waals surface area (Å²) in [4.78, 5) is 13.6. The van der Waals surface area contributed by atoms with E-state index < -0.39 is 36.9 Å². The highest BCUT2D eigenvalue weighted by Crippen LogP contribution is 2.32. The maximum Gasteiger partial charge on any atom is 0.524 e. The molecule has 1 heterocycles. The van der Waals surface area contributed by atoms with Gasteiger partial charge in [-0.2, -0.15) is 48.4 Å². The Hall–Kier alpha value is -2.58. The highest BCUT2D eigenvalue weighted by molar-refractivity contribution is 8.00. The van der Waals surface area contributed by atoms with E-state index in [1.807, 2.05) is 36.5 Å². The van der Waals surface area contributed by atoms with Gasteiger partial charge in [-0.1, -0.05) is 6.07 Å². The average Bonchev–Trinajstić information content (AvgIpc) is 3.01. The van der Waals surface area contributed by atoms with Crippen LogP contribution in [0.4, 0.5) is 31.1 Å². The van der Waals surface area contributed by atoms with E-state index >= 15 is 0 Å². The van der Waals surface area contributed by atoms with Gasteiger partial charge >= 0.3 is 37.3 Å². The van der Waals surface area contributed by atoms with E-state index in [4.69, 9.17) is 10.00 Å². The van der Waals surface area contributed by atoms with Gasteiger partial charge in [-0.05, 0) is 44.0 Å². The minimum atomic E-state index is -6.85. The van der Waals surface area contributed by atoms with Gasteiger partial charge in [-0.15, -0.1) is 3.63 Å². The van der Waals surface area contributed by atoms with Gasteiger partial charge in [0.15, 0.2) is 0 Å². The molecule has 0 radical (unpaired) electrons. The number of benzene rings is 1.